The van der Waals surface area contributed by atoms with Crippen LogP contribution >= 0.6 is 0 Å². The Kier molecular flexibility index (Phi) is 2.02. The third kappa shape index (κ3) is 1.54. The minimum absolute atomic E-state index is 0.258. The number of hydrogen-bond donors (Lipinski definition) is 0. The molecule has 0 aromatic heterocycles. The molecule has 0 amide bonds. The van der Waals surface area contributed by atoms with Crippen molar-refractivity contribution >= 4 is 5.69 Å². The van der Waals surface area contributed by atoms with E-state index in [2.05, 4.69) is 17.0 Å². The van der Waals surface area contributed by atoms with Crippen molar-refractivity contribution in [3.05, 3.63) is 42.4 Å². The molecule has 2 aliphatic rings. The normalized spacial score (nSPS) is 19.6. The summed E-state index contributed by atoms with van der Waals surface area (Å²) in [7, 11) is 0. The Labute approximate surface area is 88.9 Å². The molecule has 3 rings (SSSR count). The molecule has 0 saturated carbocycles. The molecule has 0 atom stereocenters. The fourth-order valence-corrected chi connectivity index (χ4v) is 1.84. The molecule has 78 valence electrons. The summed E-state index contributed by atoms with van der Waals surface area (Å²) >= 11 is 0. The molecule has 15 heavy (non-hydrogen) atoms. The molecule has 1 fully saturated rings. The van der Waals surface area contributed by atoms with Crippen LogP contribution in [-0.4, -0.2) is 13.1 Å². The highest BCUT2D eigenvalue weighted by atomic mass is 16.7. The molecule has 2 heterocycles. The van der Waals surface area contributed by atoms with Crippen LogP contribution in [0.15, 0.2) is 36.8 Å². The molecule has 0 radical (unpaired) electrons. The summed E-state index contributed by atoms with van der Waals surface area (Å²) in [6, 6.07) is 8.34. The molecule has 0 spiro atoms. The topological polar surface area (TPSA) is 21.7 Å². The molecule has 1 saturated heterocycles. The van der Waals surface area contributed by atoms with Crippen molar-refractivity contribution < 1.29 is 9.47 Å². The van der Waals surface area contributed by atoms with Crippen LogP contribution in [0.1, 0.15) is 18.3 Å². The number of hydrogen-bond acceptors (Lipinski definition) is 3. The van der Waals surface area contributed by atoms with Gasteiger partial charge in [-0.3, -0.25) is 0 Å². The summed E-state index contributed by atoms with van der Waals surface area (Å²) in [6.45, 7) is 2.32. The van der Waals surface area contributed by atoms with Gasteiger partial charge < -0.3 is 14.4 Å². The van der Waals surface area contributed by atoms with Gasteiger partial charge in [-0.25, -0.2) is 0 Å². The van der Waals surface area contributed by atoms with Gasteiger partial charge in [0, 0.05) is 24.3 Å². The van der Waals surface area contributed by atoms with E-state index in [0.717, 1.165) is 18.7 Å². The lowest BCUT2D eigenvalue weighted by Crippen LogP contribution is -2.36. The van der Waals surface area contributed by atoms with Crippen molar-refractivity contribution in [3.8, 4) is 0 Å². The maximum absolute atomic E-state index is 5.30. The van der Waals surface area contributed by atoms with E-state index in [-0.39, 0.29) is 6.29 Å². The summed E-state index contributed by atoms with van der Waals surface area (Å²) in [5.74, 6) is 0. The maximum Gasteiger partial charge on any atom is 0.266 e. The Balaban J connectivity index is 1.82. The first-order valence-corrected chi connectivity index (χ1v) is 5.24. The van der Waals surface area contributed by atoms with E-state index in [1.165, 1.54) is 12.1 Å². The zero-order chi connectivity index (χ0) is 10.1. The average molecular weight is 203 g/mol. The van der Waals surface area contributed by atoms with Gasteiger partial charge in [0.2, 0.25) is 0 Å². The summed E-state index contributed by atoms with van der Waals surface area (Å²) in [6.07, 6.45) is 4.20. The quantitative estimate of drug-likeness (QED) is 0.736. The zero-order valence-electron chi connectivity index (χ0n) is 8.43. The molecule has 1 aromatic rings. The van der Waals surface area contributed by atoms with Gasteiger partial charge in [0.1, 0.15) is 12.5 Å². The van der Waals surface area contributed by atoms with Gasteiger partial charge in [-0.2, -0.15) is 0 Å². The van der Waals surface area contributed by atoms with E-state index < -0.39 is 0 Å². The van der Waals surface area contributed by atoms with E-state index in [1.807, 2.05) is 12.1 Å². The van der Waals surface area contributed by atoms with Crippen LogP contribution in [0.4, 0.5) is 5.69 Å². The second-order valence-corrected chi connectivity index (χ2v) is 3.81. The number of rotatable bonds is 2. The first-order valence-electron chi connectivity index (χ1n) is 5.24. The largest absolute Gasteiger partial charge is 0.455 e. The van der Waals surface area contributed by atoms with Gasteiger partial charge in [0.15, 0.2) is 0 Å². The van der Waals surface area contributed by atoms with Crippen LogP contribution < -0.4 is 4.90 Å². The summed E-state index contributed by atoms with van der Waals surface area (Å²) in [5.41, 5.74) is 2.34. The molecule has 1 aromatic carbocycles. The van der Waals surface area contributed by atoms with Gasteiger partial charge in [0.25, 0.3) is 6.29 Å². The minimum Gasteiger partial charge on any atom is -0.455 e. The van der Waals surface area contributed by atoms with Gasteiger partial charge in [0.05, 0.1) is 0 Å². The summed E-state index contributed by atoms with van der Waals surface area (Å²) in [5, 5.41) is 0. The van der Waals surface area contributed by atoms with Gasteiger partial charge in [-0.15, -0.1) is 0 Å². The van der Waals surface area contributed by atoms with E-state index in [1.54, 1.807) is 12.5 Å². The molecule has 0 aliphatic carbocycles. The van der Waals surface area contributed by atoms with Crippen molar-refractivity contribution in [2.75, 3.05) is 18.0 Å². The number of nitrogens with zero attached hydrogens (tertiary/aromatic N) is 1. The lowest BCUT2D eigenvalue weighted by Gasteiger charge is -2.33. The van der Waals surface area contributed by atoms with Crippen molar-refractivity contribution in [2.45, 2.75) is 12.7 Å². The first-order chi connectivity index (χ1) is 7.43. The van der Waals surface area contributed by atoms with Crippen LogP contribution in [0.25, 0.3) is 0 Å². The number of benzene rings is 1. The van der Waals surface area contributed by atoms with Crippen molar-refractivity contribution in [2.24, 2.45) is 0 Å². The Bertz CT molecular complexity index is 377. The summed E-state index contributed by atoms with van der Waals surface area (Å²) in [4.78, 5) is 2.35. The van der Waals surface area contributed by atoms with Gasteiger partial charge in [-0.1, -0.05) is 12.1 Å². The van der Waals surface area contributed by atoms with Crippen LogP contribution in [0, 0.1) is 0 Å². The van der Waals surface area contributed by atoms with E-state index >= 15 is 0 Å². The van der Waals surface area contributed by atoms with Crippen LogP contribution in [-0.2, 0) is 9.47 Å². The molecule has 0 N–H and O–H groups in total. The predicted octanol–water partition coefficient (Wildman–Crippen LogP) is 2.41. The molecule has 3 nitrogen and oxygen atoms in total. The van der Waals surface area contributed by atoms with E-state index in [4.69, 9.17) is 9.47 Å². The van der Waals surface area contributed by atoms with E-state index in [9.17, 15) is 0 Å². The fourth-order valence-electron chi connectivity index (χ4n) is 1.84. The molecule has 2 aliphatic heterocycles. The van der Waals surface area contributed by atoms with Crippen LogP contribution in [0.2, 0.25) is 0 Å². The van der Waals surface area contributed by atoms with E-state index in [0.29, 0.717) is 0 Å². The molecular formula is C12H13NO2. The molecular weight excluding hydrogens is 190 g/mol. The van der Waals surface area contributed by atoms with Crippen LogP contribution in [0.5, 0.6) is 0 Å². The Morgan fingerprint density at radius 3 is 2.60 bits per heavy atom. The molecule has 3 heteroatoms. The van der Waals surface area contributed by atoms with Crippen molar-refractivity contribution in [1.29, 1.82) is 0 Å². The number of anilines is 1. The lowest BCUT2D eigenvalue weighted by molar-refractivity contribution is -0.0245. The first kappa shape index (κ1) is 8.65. The second-order valence-electron chi connectivity index (χ2n) is 3.81. The molecule has 0 bridgehead atoms. The van der Waals surface area contributed by atoms with Crippen molar-refractivity contribution in [3.63, 3.8) is 0 Å². The van der Waals surface area contributed by atoms with Crippen LogP contribution in [0.3, 0.4) is 0 Å². The van der Waals surface area contributed by atoms with Gasteiger partial charge >= 0.3 is 0 Å². The Morgan fingerprint density at radius 1 is 1.13 bits per heavy atom. The second kappa shape index (κ2) is 3.50. The standard InChI is InChI=1S/C12H13NO2/c1-3-10(12-14-7-8-15-12)9-11(4-1)13-5-2-6-13/h1,3-4,7-9,12H,2,5-6H2. The highest BCUT2D eigenvalue weighted by Gasteiger charge is 2.19. The average Bonchev–Trinajstić information content (AvgIpc) is 2.68. The minimum atomic E-state index is -0.258. The smallest absolute Gasteiger partial charge is 0.266 e. The summed E-state index contributed by atoms with van der Waals surface area (Å²) < 4.78 is 10.6. The third-order valence-corrected chi connectivity index (χ3v) is 2.82. The van der Waals surface area contributed by atoms with Gasteiger partial charge in [-0.05, 0) is 18.6 Å². The monoisotopic (exact) mass is 203 g/mol. The van der Waals surface area contributed by atoms with Crippen molar-refractivity contribution in [1.82, 2.24) is 0 Å². The maximum atomic E-state index is 5.30. The number of ether oxygens (including phenoxy) is 2. The third-order valence-electron chi connectivity index (χ3n) is 2.82. The predicted molar refractivity (Wildman–Crippen MR) is 57.3 cm³/mol. The zero-order valence-corrected chi connectivity index (χ0v) is 8.43. The fraction of sp³-hybridized carbons (Fsp3) is 0.333. The lowest BCUT2D eigenvalue weighted by atomic mass is 10.1. The highest BCUT2D eigenvalue weighted by Crippen LogP contribution is 2.28. The Hall–Kier alpha value is -1.64. The SMILES string of the molecule is C1=COC(c2cccc(N3CCC3)c2)O1. The Morgan fingerprint density at radius 2 is 1.93 bits per heavy atom. The highest BCUT2D eigenvalue weighted by molar-refractivity contribution is 5.50. The molecule has 0 unspecified atom stereocenters.